The molecule has 3 aromatic rings. The summed E-state index contributed by atoms with van der Waals surface area (Å²) in [7, 11) is 0. The van der Waals surface area contributed by atoms with Gasteiger partial charge in [-0.2, -0.15) is 0 Å². The number of carbonyl (C=O) groups excluding carboxylic acids is 1. The molecule has 2 aromatic heterocycles. The van der Waals surface area contributed by atoms with Gasteiger partial charge in [-0.05, 0) is 30.3 Å². The number of amides is 1. The first-order valence-electron chi connectivity index (χ1n) is 6.17. The number of rotatable bonds is 3. The summed E-state index contributed by atoms with van der Waals surface area (Å²) in [5.41, 5.74) is 1.53. The van der Waals surface area contributed by atoms with E-state index in [4.69, 9.17) is 11.6 Å². The lowest BCUT2D eigenvalue weighted by Gasteiger charge is -2.00. The average Bonchev–Trinajstić information content (AvgIpc) is 2.90. The van der Waals surface area contributed by atoms with Crippen molar-refractivity contribution in [3.63, 3.8) is 0 Å². The van der Waals surface area contributed by atoms with Crippen LogP contribution < -0.4 is 5.32 Å². The number of para-hydroxylation sites is 1. The van der Waals surface area contributed by atoms with Crippen molar-refractivity contribution in [1.82, 2.24) is 9.97 Å². The van der Waals surface area contributed by atoms with E-state index in [1.807, 2.05) is 24.3 Å². The average molecular weight is 316 g/mol. The number of nitrogens with one attached hydrogen (secondary N) is 1. The SMILES string of the molecule is O=C(/C=C/c1nc2ccccc2s1)Nc1ccc(Cl)nc1. The van der Waals surface area contributed by atoms with Crippen LogP contribution in [0.5, 0.6) is 0 Å². The maximum atomic E-state index is 11.8. The predicted octanol–water partition coefficient (Wildman–Crippen LogP) is 4.00. The first kappa shape index (κ1) is 13.7. The number of benzene rings is 1. The Balaban J connectivity index is 1.70. The zero-order valence-electron chi connectivity index (χ0n) is 10.8. The number of hydrogen-bond donors (Lipinski definition) is 1. The van der Waals surface area contributed by atoms with Crippen LogP contribution in [0.2, 0.25) is 5.15 Å². The molecule has 4 nitrogen and oxygen atoms in total. The van der Waals surface area contributed by atoms with E-state index >= 15 is 0 Å². The molecule has 0 radical (unpaired) electrons. The van der Waals surface area contributed by atoms with Gasteiger partial charge in [-0.25, -0.2) is 9.97 Å². The largest absolute Gasteiger partial charge is 0.321 e. The number of hydrogen-bond acceptors (Lipinski definition) is 4. The molecule has 0 saturated heterocycles. The first-order chi connectivity index (χ1) is 10.2. The van der Waals surface area contributed by atoms with Gasteiger partial charge in [0, 0.05) is 6.08 Å². The number of aromatic nitrogens is 2. The van der Waals surface area contributed by atoms with Crippen molar-refractivity contribution in [3.8, 4) is 0 Å². The van der Waals surface area contributed by atoms with E-state index < -0.39 is 0 Å². The minimum Gasteiger partial charge on any atom is -0.321 e. The molecule has 0 saturated carbocycles. The predicted molar refractivity (Wildman–Crippen MR) is 86.5 cm³/mol. The number of pyridine rings is 1. The van der Waals surface area contributed by atoms with Crippen LogP contribution in [0.4, 0.5) is 5.69 Å². The second kappa shape index (κ2) is 6.03. The normalized spacial score (nSPS) is 11.1. The smallest absolute Gasteiger partial charge is 0.248 e. The van der Waals surface area contributed by atoms with Crippen molar-refractivity contribution in [2.75, 3.05) is 5.32 Å². The Hall–Kier alpha value is -2.24. The third-order valence-electron chi connectivity index (χ3n) is 2.68. The fraction of sp³-hybridized carbons (Fsp3) is 0. The van der Waals surface area contributed by atoms with Crippen LogP contribution in [0.3, 0.4) is 0 Å². The lowest BCUT2D eigenvalue weighted by atomic mass is 10.3. The zero-order valence-corrected chi connectivity index (χ0v) is 12.4. The summed E-state index contributed by atoms with van der Waals surface area (Å²) in [5.74, 6) is -0.238. The summed E-state index contributed by atoms with van der Waals surface area (Å²) >= 11 is 7.22. The van der Waals surface area contributed by atoms with Gasteiger partial charge in [-0.15, -0.1) is 11.3 Å². The van der Waals surface area contributed by atoms with Crippen LogP contribution in [0.15, 0.2) is 48.7 Å². The minimum absolute atomic E-state index is 0.238. The fourth-order valence-corrected chi connectivity index (χ4v) is 2.72. The molecule has 1 N–H and O–H groups in total. The number of anilines is 1. The highest BCUT2D eigenvalue weighted by molar-refractivity contribution is 7.19. The van der Waals surface area contributed by atoms with Crippen molar-refractivity contribution in [2.24, 2.45) is 0 Å². The Morgan fingerprint density at radius 2 is 2.10 bits per heavy atom. The van der Waals surface area contributed by atoms with Crippen LogP contribution in [-0.2, 0) is 4.79 Å². The van der Waals surface area contributed by atoms with E-state index in [1.54, 1.807) is 18.2 Å². The van der Waals surface area contributed by atoms with Gasteiger partial charge >= 0.3 is 0 Å². The molecule has 0 aliphatic rings. The van der Waals surface area contributed by atoms with Crippen molar-refractivity contribution < 1.29 is 4.79 Å². The highest BCUT2D eigenvalue weighted by Crippen LogP contribution is 2.22. The molecule has 0 aliphatic heterocycles. The number of fused-ring (bicyclic) bond motifs is 1. The molecule has 21 heavy (non-hydrogen) atoms. The number of thiazole rings is 1. The molecule has 0 bridgehead atoms. The summed E-state index contributed by atoms with van der Waals surface area (Å²) in [6.07, 6.45) is 4.65. The second-order valence-electron chi connectivity index (χ2n) is 4.21. The second-order valence-corrected chi connectivity index (χ2v) is 5.66. The molecule has 1 amide bonds. The van der Waals surface area contributed by atoms with Crippen LogP contribution in [0.1, 0.15) is 5.01 Å². The molecular weight excluding hydrogens is 306 g/mol. The third-order valence-corrected chi connectivity index (χ3v) is 3.91. The van der Waals surface area contributed by atoms with Gasteiger partial charge < -0.3 is 5.32 Å². The molecule has 104 valence electrons. The first-order valence-corrected chi connectivity index (χ1v) is 7.36. The maximum Gasteiger partial charge on any atom is 0.248 e. The van der Waals surface area contributed by atoms with Crippen LogP contribution in [0.25, 0.3) is 16.3 Å². The van der Waals surface area contributed by atoms with E-state index in [0.29, 0.717) is 10.8 Å². The molecule has 2 heterocycles. The van der Waals surface area contributed by atoms with Gasteiger partial charge in [0.05, 0.1) is 22.1 Å². The lowest BCUT2D eigenvalue weighted by molar-refractivity contribution is -0.111. The molecule has 0 fully saturated rings. The van der Waals surface area contributed by atoms with E-state index in [2.05, 4.69) is 15.3 Å². The van der Waals surface area contributed by atoms with Gasteiger partial charge in [-0.3, -0.25) is 4.79 Å². The Kier molecular flexibility index (Phi) is 3.94. The van der Waals surface area contributed by atoms with Crippen molar-refractivity contribution >= 4 is 50.8 Å². The molecule has 0 aliphatic carbocycles. The zero-order chi connectivity index (χ0) is 14.7. The Morgan fingerprint density at radius 3 is 2.86 bits per heavy atom. The Labute approximate surface area is 130 Å². The lowest BCUT2D eigenvalue weighted by Crippen LogP contribution is -2.07. The van der Waals surface area contributed by atoms with Crippen LogP contribution >= 0.6 is 22.9 Å². The van der Waals surface area contributed by atoms with Gasteiger partial charge in [0.15, 0.2) is 0 Å². The van der Waals surface area contributed by atoms with E-state index in [9.17, 15) is 4.79 Å². The van der Waals surface area contributed by atoms with Crippen LogP contribution in [0, 0.1) is 0 Å². The number of halogens is 1. The quantitative estimate of drug-likeness (QED) is 0.587. The standard InChI is InChI=1S/C15H10ClN3OS/c16-13-6-5-10(9-17-13)18-14(20)7-8-15-19-11-3-1-2-4-12(11)21-15/h1-9H,(H,18,20)/b8-7+. The molecule has 6 heteroatoms. The van der Waals surface area contributed by atoms with Crippen molar-refractivity contribution in [3.05, 3.63) is 58.8 Å². The van der Waals surface area contributed by atoms with E-state index in [-0.39, 0.29) is 5.91 Å². The topological polar surface area (TPSA) is 54.9 Å². The van der Waals surface area contributed by atoms with Crippen LogP contribution in [-0.4, -0.2) is 15.9 Å². The Bertz CT molecular complexity index is 778. The summed E-state index contributed by atoms with van der Waals surface area (Å²) in [6.45, 7) is 0. The van der Waals surface area contributed by atoms with E-state index in [0.717, 1.165) is 15.2 Å². The summed E-state index contributed by atoms with van der Waals surface area (Å²) in [5, 5.41) is 3.88. The van der Waals surface area contributed by atoms with Crippen molar-refractivity contribution in [2.45, 2.75) is 0 Å². The van der Waals surface area contributed by atoms with Gasteiger partial charge in [0.1, 0.15) is 10.2 Å². The van der Waals surface area contributed by atoms with Gasteiger partial charge in [0.2, 0.25) is 5.91 Å². The molecule has 1 aromatic carbocycles. The monoisotopic (exact) mass is 315 g/mol. The summed E-state index contributed by atoms with van der Waals surface area (Å²) in [6, 6.07) is 11.2. The summed E-state index contributed by atoms with van der Waals surface area (Å²) < 4.78 is 1.10. The number of carbonyl (C=O) groups is 1. The minimum atomic E-state index is -0.238. The van der Waals surface area contributed by atoms with E-state index in [1.165, 1.54) is 23.6 Å². The highest BCUT2D eigenvalue weighted by Gasteiger charge is 2.02. The van der Waals surface area contributed by atoms with Gasteiger partial charge in [0.25, 0.3) is 0 Å². The third kappa shape index (κ3) is 3.45. The van der Waals surface area contributed by atoms with Crippen molar-refractivity contribution in [1.29, 1.82) is 0 Å². The molecule has 3 rings (SSSR count). The molecule has 0 atom stereocenters. The molecule has 0 unspecified atom stereocenters. The molecule has 0 spiro atoms. The fourth-order valence-electron chi connectivity index (χ4n) is 1.74. The Morgan fingerprint density at radius 1 is 1.24 bits per heavy atom. The van der Waals surface area contributed by atoms with Gasteiger partial charge in [-0.1, -0.05) is 23.7 Å². The molecular formula is C15H10ClN3OS. The maximum absolute atomic E-state index is 11.8. The summed E-state index contributed by atoms with van der Waals surface area (Å²) in [4.78, 5) is 20.1. The highest BCUT2D eigenvalue weighted by atomic mass is 35.5. The number of nitrogens with zero attached hydrogens (tertiary/aromatic N) is 2.